The molecule has 116 valence electrons. The fraction of sp³-hybridized carbons (Fsp3) is 0.714. The highest BCUT2D eigenvalue weighted by atomic mass is 19.4. The van der Waals surface area contributed by atoms with Gasteiger partial charge >= 0.3 is 6.18 Å². The summed E-state index contributed by atoms with van der Waals surface area (Å²) < 4.78 is 39.3. The zero-order valence-corrected chi connectivity index (χ0v) is 12.0. The Morgan fingerprint density at radius 2 is 2.33 bits per heavy atom. The van der Waals surface area contributed by atoms with E-state index in [0.29, 0.717) is 6.42 Å². The van der Waals surface area contributed by atoms with Crippen LogP contribution in [-0.2, 0) is 6.18 Å². The predicted octanol–water partition coefficient (Wildman–Crippen LogP) is 3.28. The lowest BCUT2D eigenvalue weighted by molar-refractivity contribution is -0.137. The second-order valence-corrected chi connectivity index (χ2v) is 5.58. The van der Waals surface area contributed by atoms with Crippen LogP contribution in [0, 0.1) is 11.3 Å². The van der Waals surface area contributed by atoms with Crippen molar-refractivity contribution in [1.82, 2.24) is 15.1 Å². The minimum atomic E-state index is -4.38. The van der Waals surface area contributed by atoms with Gasteiger partial charge in [-0.1, -0.05) is 6.92 Å². The molecule has 2 rings (SSSR count). The van der Waals surface area contributed by atoms with Crippen LogP contribution in [0.5, 0.6) is 0 Å². The van der Waals surface area contributed by atoms with Crippen LogP contribution >= 0.6 is 0 Å². The summed E-state index contributed by atoms with van der Waals surface area (Å²) >= 11 is 0. The summed E-state index contributed by atoms with van der Waals surface area (Å²) in [7, 11) is 0. The number of hydrogen-bond acceptors (Lipinski definition) is 3. The third kappa shape index (κ3) is 3.56. The van der Waals surface area contributed by atoms with Crippen molar-refractivity contribution in [3.63, 3.8) is 0 Å². The molecule has 21 heavy (non-hydrogen) atoms. The fourth-order valence-electron chi connectivity index (χ4n) is 2.82. The molecule has 1 fully saturated rings. The summed E-state index contributed by atoms with van der Waals surface area (Å²) in [6.45, 7) is 2.74. The second kappa shape index (κ2) is 6.06. The Balaban J connectivity index is 2.14. The Labute approximate surface area is 121 Å². The van der Waals surface area contributed by atoms with Crippen LogP contribution in [0.4, 0.5) is 13.2 Å². The number of nitrogens with one attached hydrogen (secondary N) is 1. The van der Waals surface area contributed by atoms with Gasteiger partial charge in [0.05, 0.1) is 23.9 Å². The number of hydrogen-bond donors (Lipinski definition) is 1. The van der Waals surface area contributed by atoms with Crippen LogP contribution in [-0.4, -0.2) is 21.9 Å². The molecule has 1 aliphatic carbocycles. The summed E-state index contributed by atoms with van der Waals surface area (Å²) in [5.41, 5.74) is -1.39. The Morgan fingerprint density at radius 1 is 1.57 bits per heavy atom. The van der Waals surface area contributed by atoms with E-state index in [2.05, 4.69) is 16.5 Å². The molecule has 1 aliphatic rings. The number of alkyl halides is 3. The summed E-state index contributed by atoms with van der Waals surface area (Å²) in [6.07, 6.45) is 1.19. The molecule has 7 heteroatoms. The third-order valence-electron chi connectivity index (χ3n) is 3.96. The molecule has 0 bridgehead atoms. The van der Waals surface area contributed by atoms with Gasteiger partial charge in [-0.2, -0.15) is 23.5 Å². The van der Waals surface area contributed by atoms with Crippen LogP contribution in [0.1, 0.15) is 50.6 Å². The number of aromatic nitrogens is 2. The predicted molar refractivity (Wildman–Crippen MR) is 71.4 cm³/mol. The van der Waals surface area contributed by atoms with Gasteiger partial charge in [-0.05, 0) is 32.2 Å². The van der Waals surface area contributed by atoms with Gasteiger partial charge in [0, 0.05) is 12.6 Å². The summed E-state index contributed by atoms with van der Waals surface area (Å²) in [5, 5.41) is 16.5. The normalized spacial score (nSPS) is 26.5. The molecule has 0 aliphatic heterocycles. The van der Waals surface area contributed by atoms with E-state index in [1.807, 2.05) is 6.92 Å². The number of halogens is 3. The maximum atomic E-state index is 12.6. The van der Waals surface area contributed by atoms with E-state index in [4.69, 9.17) is 0 Å². The van der Waals surface area contributed by atoms with Gasteiger partial charge in [-0.3, -0.25) is 10.00 Å². The van der Waals surface area contributed by atoms with Crippen molar-refractivity contribution in [2.45, 2.75) is 56.8 Å². The van der Waals surface area contributed by atoms with Crippen LogP contribution in [0.3, 0.4) is 0 Å². The van der Waals surface area contributed by atoms with Gasteiger partial charge in [0.1, 0.15) is 5.54 Å². The molecule has 1 aromatic rings. The highest BCUT2D eigenvalue weighted by Crippen LogP contribution is 2.36. The Bertz CT molecular complexity index is 517. The lowest BCUT2D eigenvalue weighted by atomic mass is 9.80. The van der Waals surface area contributed by atoms with E-state index >= 15 is 0 Å². The molecule has 2 unspecified atom stereocenters. The molecule has 1 aromatic heterocycles. The van der Waals surface area contributed by atoms with Crippen molar-refractivity contribution in [3.05, 3.63) is 18.0 Å². The minimum Gasteiger partial charge on any atom is -0.299 e. The SMILES string of the molecule is CCCNC1(C#N)CCCC(n2cc(C(F)(F)F)cn2)C1. The number of nitriles is 1. The van der Waals surface area contributed by atoms with Crippen LogP contribution in [0.25, 0.3) is 0 Å². The van der Waals surface area contributed by atoms with Gasteiger partial charge < -0.3 is 0 Å². The van der Waals surface area contributed by atoms with E-state index in [-0.39, 0.29) is 6.04 Å². The summed E-state index contributed by atoms with van der Waals surface area (Å²) in [4.78, 5) is 0. The topological polar surface area (TPSA) is 53.6 Å². The molecular formula is C14H19F3N4. The van der Waals surface area contributed by atoms with Crippen LogP contribution < -0.4 is 5.32 Å². The maximum Gasteiger partial charge on any atom is 0.419 e. The van der Waals surface area contributed by atoms with Crippen molar-refractivity contribution < 1.29 is 13.2 Å². The monoisotopic (exact) mass is 300 g/mol. The first-order chi connectivity index (χ1) is 9.90. The third-order valence-corrected chi connectivity index (χ3v) is 3.96. The van der Waals surface area contributed by atoms with Gasteiger partial charge in [0.15, 0.2) is 0 Å². The standard InChI is InChI=1S/C14H19F3N4/c1-2-6-19-13(10-18)5-3-4-12(7-13)21-9-11(8-20-21)14(15,16)17/h8-9,12,19H,2-7H2,1H3. The van der Waals surface area contributed by atoms with Crippen molar-refractivity contribution in [2.24, 2.45) is 0 Å². The highest BCUT2D eigenvalue weighted by molar-refractivity contribution is 5.13. The maximum absolute atomic E-state index is 12.6. The molecule has 0 spiro atoms. The molecule has 1 N–H and O–H groups in total. The molecule has 0 saturated heterocycles. The Morgan fingerprint density at radius 3 is 2.90 bits per heavy atom. The van der Waals surface area contributed by atoms with E-state index in [1.54, 1.807) is 0 Å². The van der Waals surface area contributed by atoms with Gasteiger partial charge in [-0.15, -0.1) is 0 Å². The second-order valence-electron chi connectivity index (χ2n) is 5.58. The van der Waals surface area contributed by atoms with E-state index < -0.39 is 17.3 Å². The lowest BCUT2D eigenvalue weighted by Gasteiger charge is -2.36. The molecule has 4 nitrogen and oxygen atoms in total. The van der Waals surface area contributed by atoms with Gasteiger partial charge in [0.25, 0.3) is 0 Å². The van der Waals surface area contributed by atoms with Crippen LogP contribution in [0.2, 0.25) is 0 Å². The van der Waals surface area contributed by atoms with Crippen molar-refractivity contribution in [3.8, 4) is 6.07 Å². The molecule has 0 radical (unpaired) electrons. The summed E-state index contributed by atoms with van der Waals surface area (Å²) in [6, 6.07) is 2.15. The molecule has 0 aromatic carbocycles. The summed E-state index contributed by atoms with van der Waals surface area (Å²) in [5.74, 6) is 0. The van der Waals surface area contributed by atoms with Crippen molar-refractivity contribution in [2.75, 3.05) is 6.54 Å². The fourth-order valence-corrected chi connectivity index (χ4v) is 2.82. The van der Waals surface area contributed by atoms with E-state index in [0.717, 1.165) is 44.6 Å². The molecule has 1 heterocycles. The lowest BCUT2D eigenvalue weighted by Crippen LogP contribution is -2.48. The molecule has 2 atom stereocenters. The smallest absolute Gasteiger partial charge is 0.299 e. The van der Waals surface area contributed by atoms with E-state index in [1.165, 1.54) is 4.68 Å². The average Bonchev–Trinajstić information content (AvgIpc) is 2.95. The van der Waals surface area contributed by atoms with Gasteiger partial charge in [0.2, 0.25) is 0 Å². The zero-order valence-electron chi connectivity index (χ0n) is 12.0. The Kier molecular flexibility index (Phi) is 4.57. The first-order valence-corrected chi connectivity index (χ1v) is 7.18. The minimum absolute atomic E-state index is 0.168. The van der Waals surface area contributed by atoms with Crippen molar-refractivity contribution in [1.29, 1.82) is 5.26 Å². The quantitative estimate of drug-likeness (QED) is 0.928. The number of rotatable bonds is 4. The highest BCUT2D eigenvalue weighted by Gasteiger charge is 2.38. The molecule has 1 saturated carbocycles. The molecule has 0 amide bonds. The van der Waals surface area contributed by atoms with Crippen LogP contribution in [0.15, 0.2) is 12.4 Å². The average molecular weight is 300 g/mol. The molecular weight excluding hydrogens is 281 g/mol. The first kappa shape index (κ1) is 15.8. The number of nitrogens with zero attached hydrogens (tertiary/aromatic N) is 3. The van der Waals surface area contributed by atoms with E-state index in [9.17, 15) is 18.4 Å². The first-order valence-electron chi connectivity index (χ1n) is 7.18. The zero-order chi connectivity index (χ0) is 15.5. The largest absolute Gasteiger partial charge is 0.419 e. The van der Waals surface area contributed by atoms with Crippen molar-refractivity contribution >= 4 is 0 Å². The van der Waals surface area contributed by atoms with Gasteiger partial charge in [-0.25, -0.2) is 0 Å². The Hall–Kier alpha value is -1.55.